The fourth-order valence-electron chi connectivity index (χ4n) is 1.18. The van der Waals surface area contributed by atoms with Crippen molar-refractivity contribution in [3.8, 4) is 5.75 Å². The van der Waals surface area contributed by atoms with Gasteiger partial charge in [-0.3, -0.25) is 0 Å². The third kappa shape index (κ3) is 3.44. The Morgan fingerprint density at radius 3 is 2.60 bits per heavy atom. The van der Waals surface area contributed by atoms with E-state index in [0.717, 1.165) is 0 Å². The number of nitrogens with zero attached hydrogens (tertiary/aromatic N) is 1. The summed E-state index contributed by atoms with van der Waals surface area (Å²) in [4.78, 5) is 13.1. The van der Waals surface area contributed by atoms with Crippen LogP contribution < -0.4 is 4.74 Å². The lowest BCUT2D eigenvalue weighted by Crippen LogP contribution is -2.33. The average molecular weight is 228 g/mol. The summed E-state index contributed by atoms with van der Waals surface area (Å²) in [5.41, 5.74) is 0. The zero-order chi connectivity index (χ0) is 11.3. The van der Waals surface area contributed by atoms with Gasteiger partial charge in [-0.15, -0.1) is 0 Å². The molecule has 1 amide bonds. The van der Waals surface area contributed by atoms with Crippen LogP contribution >= 0.6 is 11.6 Å². The van der Waals surface area contributed by atoms with Crippen molar-refractivity contribution in [3.05, 3.63) is 29.3 Å². The van der Waals surface area contributed by atoms with Gasteiger partial charge in [0.15, 0.2) is 0 Å². The number of hydrogen-bond donors (Lipinski definition) is 0. The van der Waals surface area contributed by atoms with E-state index < -0.39 is 0 Å². The van der Waals surface area contributed by atoms with Crippen LogP contribution in [0.15, 0.2) is 24.3 Å². The standard InChI is InChI=1S/C11H14ClNO2/c1-3-13(4-2)11(14)15-10-7-5-6-9(12)8-10/h5-8H,3-4H2,1-2H3. The van der Waals surface area contributed by atoms with Crippen LogP contribution in [0.2, 0.25) is 5.02 Å². The summed E-state index contributed by atoms with van der Waals surface area (Å²) in [6, 6.07) is 6.79. The minimum absolute atomic E-state index is 0.345. The Balaban J connectivity index is 2.65. The molecule has 0 unspecified atom stereocenters. The highest BCUT2D eigenvalue weighted by Gasteiger charge is 2.11. The SMILES string of the molecule is CCN(CC)C(=O)Oc1cccc(Cl)c1. The van der Waals surface area contributed by atoms with Crippen LogP contribution in [-0.2, 0) is 0 Å². The normalized spacial score (nSPS) is 9.80. The maximum atomic E-state index is 11.5. The fourth-order valence-corrected chi connectivity index (χ4v) is 1.36. The van der Waals surface area contributed by atoms with Crippen LogP contribution in [0.25, 0.3) is 0 Å². The van der Waals surface area contributed by atoms with Gasteiger partial charge in [0.05, 0.1) is 0 Å². The number of rotatable bonds is 3. The highest BCUT2D eigenvalue weighted by Crippen LogP contribution is 2.17. The largest absolute Gasteiger partial charge is 0.415 e. The molecule has 0 atom stereocenters. The van der Waals surface area contributed by atoms with Crippen LogP contribution in [-0.4, -0.2) is 24.1 Å². The number of carbonyl (C=O) groups is 1. The molecule has 1 rings (SSSR count). The Kier molecular flexibility index (Phi) is 4.43. The molecule has 0 saturated carbocycles. The molecule has 0 saturated heterocycles. The minimum Gasteiger partial charge on any atom is -0.410 e. The Hall–Kier alpha value is -1.22. The molecule has 0 aliphatic heterocycles. The van der Waals surface area contributed by atoms with Gasteiger partial charge in [0, 0.05) is 18.1 Å². The molecular formula is C11H14ClNO2. The predicted molar refractivity (Wildman–Crippen MR) is 60.4 cm³/mol. The van der Waals surface area contributed by atoms with E-state index in [-0.39, 0.29) is 6.09 Å². The molecule has 0 aromatic heterocycles. The molecule has 0 heterocycles. The molecule has 82 valence electrons. The van der Waals surface area contributed by atoms with Gasteiger partial charge in [-0.05, 0) is 32.0 Å². The van der Waals surface area contributed by atoms with Gasteiger partial charge >= 0.3 is 6.09 Å². The Labute approximate surface area is 94.6 Å². The highest BCUT2D eigenvalue weighted by atomic mass is 35.5. The molecule has 1 aromatic carbocycles. The van der Waals surface area contributed by atoms with Crippen LogP contribution in [0.5, 0.6) is 5.75 Å². The minimum atomic E-state index is -0.345. The lowest BCUT2D eigenvalue weighted by atomic mass is 10.3. The van der Waals surface area contributed by atoms with Gasteiger partial charge in [-0.1, -0.05) is 17.7 Å². The highest BCUT2D eigenvalue weighted by molar-refractivity contribution is 6.30. The van der Waals surface area contributed by atoms with Gasteiger partial charge in [0.25, 0.3) is 0 Å². The number of hydrogen-bond acceptors (Lipinski definition) is 2. The number of carbonyl (C=O) groups excluding carboxylic acids is 1. The van der Waals surface area contributed by atoms with Gasteiger partial charge in [0.2, 0.25) is 0 Å². The van der Waals surface area contributed by atoms with E-state index >= 15 is 0 Å². The summed E-state index contributed by atoms with van der Waals surface area (Å²) < 4.78 is 5.14. The van der Waals surface area contributed by atoms with Crippen LogP contribution in [0.1, 0.15) is 13.8 Å². The summed E-state index contributed by atoms with van der Waals surface area (Å²) in [6.07, 6.45) is -0.345. The monoisotopic (exact) mass is 227 g/mol. The molecule has 0 aliphatic carbocycles. The molecule has 0 spiro atoms. The zero-order valence-corrected chi connectivity index (χ0v) is 9.62. The molecule has 3 nitrogen and oxygen atoms in total. The molecule has 0 bridgehead atoms. The van der Waals surface area contributed by atoms with Gasteiger partial charge in [-0.25, -0.2) is 4.79 Å². The molecule has 0 radical (unpaired) electrons. The summed E-state index contributed by atoms with van der Waals surface area (Å²) in [6.45, 7) is 5.08. The van der Waals surface area contributed by atoms with E-state index in [1.54, 1.807) is 29.2 Å². The molecule has 0 fully saturated rings. The topological polar surface area (TPSA) is 29.5 Å². The van der Waals surface area contributed by atoms with Crippen molar-refractivity contribution in [1.82, 2.24) is 4.90 Å². The Bertz CT molecular complexity index is 337. The van der Waals surface area contributed by atoms with E-state index in [4.69, 9.17) is 16.3 Å². The average Bonchev–Trinajstić information content (AvgIpc) is 2.19. The quantitative estimate of drug-likeness (QED) is 0.794. The van der Waals surface area contributed by atoms with E-state index in [2.05, 4.69) is 0 Å². The van der Waals surface area contributed by atoms with Crippen molar-refractivity contribution in [2.75, 3.05) is 13.1 Å². The number of amides is 1. The maximum Gasteiger partial charge on any atom is 0.415 e. The second-order valence-electron chi connectivity index (χ2n) is 3.00. The van der Waals surface area contributed by atoms with Crippen molar-refractivity contribution in [2.24, 2.45) is 0 Å². The van der Waals surface area contributed by atoms with Crippen molar-refractivity contribution in [2.45, 2.75) is 13.8 Å². The van der Waals surface area contributed by atoms with E-state index in [1.807, 2.05) is 13.8 Å². The van der Waals surface area contributed by atoms with Crippen molar-refractivity contribution < 1.29 is 9.53 Å². The Morgan fingerprint density at radius 2 is 2.07 bits per heavy atom. The van der Waals surface area contributed by atoms with Crippen LogP contribution in [0.3, 0.4) is 0 Å². The lowest BCUT2D eigenvalue weighted by Gasteiger charge is -2.17. The van der Waals surface area contributed by atoms with Gasteiger partial charge in [0.1, 0.15) is 5.75 Å². The number of halogens is 1. The third-order valence-electron chi connectivity index (χ3n) is 2.02. The number of ether oxygens (including phenoxy) is 1. The Morgan fingerprint density at radius 1 is 1.40 bits per heavy atom. The first-order chi connectivity index (χ1) is 7.17. The molecule has 0 N–H and O–H groups in total. The molecule has 4 heteroatoms. The van der Waals surface area contributed by atoms with Crippen molar-refractivity contribution in [3.63, 3.8) is 0 Å². The van der Waals surface area contributed by atoms with Gasteiger partial charge in [-0.2, -0.15) is 0 Å². The second-order valence-corrected chi connectivity index (χ2v) is 3.43. The number of benzene rings is 1. The summed E-state index contributed by atoms with van der Waals surface area (Å²) in [7, 11) is 0. The molecule has 15 heavy (non-hydrogen) atoms. The lowest BCUT2D eigenvalue weighted by molar-refractivity contribution is 0.157. The summed E-state index contributed by atoms with van der Waals surface area (Å²) in [5, 5.41) is 0.555. The third-order valence-corrected chi connectivity index (χ3v) is 2.26. The molecule has 1 aromatic rings. The second kappa shape index (κ2) is 5.61. The summed E-state index contributed by atoms with van der Waals surface area (Å²) >= 11 is 5.77. The smallest absolute Gasteiger partial charge is 0.410 e. The first-order valence-corrected chi connectivity index (χ1v) is 5.27. The van der Waals surface area contributed by atoms with Gasteiger partial charge < -0.3 is 9.64 Å². The van der Waals surface area contributed by atoms with E-state index in [9.17, 15) is 4.79 Å². The fraction of sp³-hybridized carbons (Fsp3) is 0.364. The maximum absolute atomic E-state index is 11.5. The first-order valence-electron chi connectivity index (χ1n) is 4.89. The predicted octanol–water partition coefficient (Wildman–Crippen LogP) is 3.18. The summed E-state index contributed by atoms with van der Waals surface area (Å²) in [5.74, 6) is 0.472. The van der Waals surface area contributed by atoms with Crippen molar-refractivity contribution >= 4 is 17.7 Å². The molecule has 0 aliphatic rings. The van der Waals surface area contributed by atoms with E-state index in [0.29, 0.717) is 23.9 Å². The van der Waals surface area contributed by atoms with Crippen molar-refractivity contribution in [1.29, 1.82) is 0 Å². The zero-order valence-electron chi connectivity index (χ0n) is 8.87. The molecular weight excluding hydrogens is 214 g/mol. The van der Waals surface area contributed by atoms with Crippen LogP contribution in [0.4, 0.5) is 4.79 Å². The first kappa shape index (κ1) is 11.9. The van der Waals surface area contributed by atoms with Crippen LogP contribution in [0, 0.1) is 0 Å². The van der Waals surface area contributed by atoms with E-state index in [1.165, 1.54) is 0 Å².